The third-order valence-electron chi connectivity index (χ3n) is 3.92. The van der Waals surface area contributed by atoms with E-state index in [0.29, 0.717) is 6.04 Å². The van der Waals surface area contributed by atoms with E-state index in [9.17, 15) is 4.79 Å². The predicted octanol–water partition coefficient (Wildman–Crippen LogP) is 2.23. The average molecular weight is 276 g/mol. The second-order valence-corrected chi connectivity index (χ2v) is 6.63. The van der Waals surface area contributed by atoms with Gasteiger partial charge in [0.15, 0.2) is 0 Å². The first kappa shape index (κ1) is 14.8. The van der Waals surface area contributed by atoms with Crippen molar-refractivity contribution in [2.45, 2.75) is 57.9 Å². The maximum atomic E-state index is 11.2. The smallest absolute Gasteiger partial charge is 0.220 e. The molecule has 0 spiro atoms. The van der Waals surface area contributed by atoms with Gasteiger partial charge in [-0.1, -0.05) is 20.8 Å². The van der Waals surface area contributed by atoms with Gasteiger partial charge in [-0.2, -0.15) is 0 Å². The average Bonchev–Trinajstić information content (AvgIpc) is 2.38. The molecule has 0 unspecified atom stereocenters. The zero-order valence-electron chi connectivity index (χ0n) is 12.5. The molecule has 1 aromatic heterocycles. The van der Waals surface area contributed by atoms with Gasteiger partial charge in [0.2, 0.25) is 5.91 Å². The zero-order chi connectivity index (χ0) is 14.8. The fraction of sp³-hybridized carbons (Fsp3) is 0.667. The number of primary amides is 1. The summed E-state index contributed by atoms with van der Waals surface area (Å²) in [5.74, 6) is 0.747. The number of amides is 1. The lowest BCUT2D eigenvalue weighted by molar-refractivity contribution is -0.122. The zero-order valence-corrected chi connectivity index (χ0v) is 12.5. The molecule has 1 aliphatic carbocycles. The van der Waals surface area contributed by atoms with Gasteiger partial charge in [0.05, 0.1) is 5.69 Å². The quantitative estimate of drug-likeness (QED) is 0.887. The fourth-order valence-electron chi connectivity index (χ4n) is 2.58. The number of hydrogen-bond acceptors (Lipinski definition) is 4. The standard InChI is InChI=1S/C15H24N4O/c1-15(2,3)12-8-13(18-9-17-12)19-11-6-4-10(5-7-11)14(16)20/h8-11H,4-7H2,1-3H3,(H2,16,20)(H,17,18,19). The van der Waals surface area contributed by atoms with Gasteiger partial charge in [-0.3, -0.25) is 4.79 Å². The van der Waals surface area contributed by atoms with E-state index in [1.165, 1.54) is 0 Å². The van der Waals surface area contributed by atoms with Crippen LogP contribution in [0.25, 0.3) is 0 Å². The molecule has 0 radical (unpaired) electrons. The van der Waals surface area contributed by atoms with E-state index in [1.54, 1.807) is 6.33 Å². The largest absolute Gasteiger partial charge is 0.369 e. The fourth-order valence-corrected chi connectivity index (χ4v) is 2.58. The van der Waals surface area contributed by atoms with E-state index in [0.717, 1.165) is 37.2 Å². The molecule has 5 heteroatoms. The lowest BCUT2D eigenvalue weighted by Gasteiger charge is -2.28. The van der Waals surface area contributed by atoms with Gasteiger partial charge in [0.25, 0.3) is 0 Å². The van der Waals surface area contributed by atoms with Crippen molar-refractivity contribution in [3.05, 3.63) is 18.1 Å². The molecule has 0 aliphatic heterocycles. The molecule has 2 rings (SSSR count). The number of nitrogens with zero attached hydrogens (tertiary/aromatic N) is 2. The molecular weight excluding hydrogens is 252 g/mol. The summed E-state index contributed by atoms with van der Waals surface area (Å²) in [4.78, 5) is 19.8. The molecule has 0 atom stereocenters. The maximum absolute atomic E-state index is 11.2. The van der Waals surface area contributed by atoms with E-state index in [-0.39, 0.29) is 17.2 Å². The highest BCUT2D eigenvalue weighted by Crippen LogP contribution is 2.27. The number of anilines is 1. The minimum Gasteiger partial charge on any atom is -0.369 e. The number of carbonyl (C=O) groups is 1. The van der Waals surface area contributed by atoms with Crippen molar-refractivity contribution in [1.29, 1.82) is 0 Å². The second kappa shape index (κ2) is 5.77. The van der Waals surface area contributed by atoms with Crippen LogP contribution in [0.15, 0.2) is 12.4 Å². The van der Waals surface area contributed by atoms with Crippen LogP contribution >= 0.6 is 0 Å². The first-order valence-electron chi connectivity index (χ1n) is 7.24. The molecule has 1 aromatic rings. The number of nitrogens with two attached hydrogens (primary N) is 1. The van der Waals surface area contributed by atoms with Crippen molar-refractivity contribution in [2.24, 2.45) is 11.7 Å². The summed E-state index contributed by atoms with van der Waals surface area (Å²) in [6, 6.07) is 2.38. The van der Waals surface area contributed by atoms with Crippen LogP contribution in [-0.2, 0) is 10.2 Å². The van der Waals surface area contributed by atoms with Crippen molar-refractivity contribution in [3.8, 4) is 0 Å². The monoisotopic (exact) mass is 276 g/mol. The van der Waals surface area contributed by atoms with Crippen LogP contribution in [0.3, 0.4) is 0 Å². The van der Waals surface area contributed by atoms with Crippen LogP contribution in [0.5, 0.6) is 0 Å². The van der Waals surface area contributed by atoms with E-state index >= 15 is 0 Å². The molecule has 0 saturated heterocycles. The molecule has 1 heterocycles. The summed E-state index contributed by atoms with van der Waals surface area (Å²) in [6.07, 6.45) is 5.26. The Hall–Kier alpha value is -1.65. The van der Waals surface area contributed by atoms with Crippen LogP contribution in [0, 0.1) is 5.92 Å². The highest BCUT2D eigenvalue weighted by atomic mass is 16.1. The van der Waals surface area contributed by atoms with Crippen LogP contribution in [0.2, 0.25) is 0 Å². The highest BCUT2D eigenvalue weighted by Gasteiger charge is 2.25. The molecular formula is C15H24N4O. The van der Waals surface area contributed by atoms with E-state index in [4.69, 9.17) is 5.73 Å². The summed E-state index contributed by atoms with van der Waals surface area (Å²) >= 11 is 0. The van der Waals surface area contributed by atoms with Gasteiger partial charge in [-0.25, -0.2) is 9.97 Å². The molecule has 1 aliphatic rings. The Morgan fingerprint density at radius 3 is 2.45 bits per heavy atom. The first-order valence-corrected chi connectivity index (χ1v) is 7.24. The predicted molar refractivity (Wildman–Crippen MR) is 79.3 cm³/mol. The Kier molecular flexibility index (Phi) is 4.26. The van der Waals surface area contributed by atoms with E-state index < -0.39 is 0 Å². The molecule has 110 valence electrons. The minimum absolute atomic E-state index is 0.0169. The summed E-state index contributed by atoms with van der Waals surface area (Å²) in [7, 11) is 0. The molecule has 3 N–H and O–H groups in total. The number of hydrogen-bond donors (Lipinski definition) is 2. The number of nitrogens with one attached hydrogen (secondary N) is 1. The van der Waals surface area contributed by atoms with E-state index in [2.05, 4.69) is 36.1 Å². The molecule has 1 amide bonds. The topological polar surface area (TPSA) is 80.9 Å². The molecule has 1 saturated carbocycles. The lowest BCUT2D eigenvalue weighted by Crippen LogP contribution is -2.32. The Morgan fingerprint density at radius 1 is 1.25 bits per heavy atom. The van der Waals surface area contributed by atoms with Gasteiger partial charge in [0.1, 0.15) is 12.1 Å². The molecule has 1 fully saturated rings. The molecule has 20 heavy (non-hydrogen) atoms. The Bertz CT molecular complexity index is 473. The summed E-state index contributed by atoms with van der Waals surface area (Å²) in [5.41, 5.74) is 6.40. The third kappa shape index (κ3) is 3.68. The van der Waals surface area contributed by atoms with Crippen LogP contribution < -0.4 is 11.1 Å². The summed E-state index contributed by atoms with van der Waals surface area (Å²) < 4.78 is 0. The van der Waals surface area contributed by atoms with Crippen molar-refractivity contribution in [2.75, 3.05) is 5.32 Å². The van der Waals surface area contributed by atoms with Crippen LogP contribution in [0.4, 0.5) is 5.82 Å². The van der Waals surface area contributed by atoms with Crippen molar-refractivity contribution < 1.29 is 4.79 Å². The first-order chi connectivity index (χ1) is 9.36. The Morgan fingerprint density at radius 2 is 1.90 bits per heavy atom. The van der Waals surface area contributed by atoms with Crippen molar-refractivity contribution in [1.82, 2.24) is 9.97 Å². The Balaban J connectivity index is 1.96. The van der Waals surface area contributed by atoms with Crippen molar-refractivity contribution in [3.63, 3.8) is 0 Å². The van der Waals surface area contributed by atoms with Gasteiger partial charge in [0, 0.05) is 23.4 Å². The summed E-state index contributed by atoms with van der Waals surface area (Å²) in [5, 5.41) is 3.45. The highest BCUT2D eigenvalue weighted by molar-refractivity contribution is 5.76. The SMILES string of the molecule is CC(C)(C)c1cc(NC2CCC(C(N)=O)CC2)ncn1. The lowest BCUT2D eigenvalue weighted by atomic mass is 9.85. The van der Waals surface area contributed by atoms with Gasteiger partial charge < -0.3 is 11.1 Å². The van der Waals surface area contributed by atoms with E-state index in [1.807, 2.05) is 6.07 Å². The molecule has 0 aromatic carbocycles. The number of aromatic nitrogens is 2. The van der Waals surface area contributed by atoms with Gasteiger partial charge in [-0.15, -0.1) is 0 Å². The third-order valence-corrected chi connectivity index (χ3v) is 3.92. The Labute approximate surface area is 120 Å². The molecule has 0 bridgehead atoms. The van der Waals surface area contributed by atoms with Gasteiger partial charge in [-0.05, 0) is 25.7 Å². The molecule has 5 nitrogen and oxygen atoms in total. The van der Waals surface area contributed by atoms with Crippen molar-refractivity contribution >= 4 is 11.7 Å². The summed E-state index contributed by atoms with van der Waals surface area (Å²) in [6.45, 7) is 6.41. The van der Waals surface area contributed by atoms with Crippen LogP contribution in [-0.4, -0.2) is 21.9 Å². The minimum atomic E-state index is -0.166. The number of carbonyl (C=O) groups excluding carboxylic acids is 1. The number of rotatable bonds is 3. The normalized spacial score (nSPS) is 23.4. The maximum Gasteiger partial charge on any atom is 0.220 e. The second-order valence-electron chi connectivity index (χ2n) is 6.63. The van der Waals surface area contributed by atoms with Crippen LogP contribution in [0.1, 0.15) is 52.1 Å². The van der Waals surface area contributed by atoms with Gasteiger partial charge >= 0.3 is 0 Å².